The Hall–Kier alpha value is -0.590. The summed E-state index contributed by atoms with van der Waals surface area (Å²) in [5.74, 6) is 0.718. The molecule has 1 aliphatic carbocycles. The van der Waals surface area contributed by atoms with E-state index >= 15 is 0 Å². The summed E-state index contributed by atoms with van der Waals surface area (Å²) in [6, 6.07) is 0. The number of hydrogen-bond donors (Lipinski definition) is 0. The van der Waals surface area contributed by atoms with Gasteiger partial charge in [0.1, 0.15) is 6.29 Å². The molecule has 50 valence electrons. The van der Waals surface area contributed by atoms with E-state index < -0.39 is 0 Å². The van der Waals surface area contributed by atoms with Gasteiger partial charge in [0.25, 0.3) is 0 Å². The highest BCUT2D eigenvalue weighted by molar-refractivity contribution is 5.73. The van der Waals surface area contributed by atoms with Gasteiger partial charge in [-0.25, -0.2) is 0 Å². The maximum Gasteiger partial charge on any atom is 0.145 e. The van der Waals surface area contributed by atoms with Crippen LogP contribution in [0.4, 0.5) is 0 Å². The van der Waals surface area contributed by atoms with Gasteiger partial charge in [0, 0.05) is 0 Å². The van der Waals surface area contributed by atoms with E-state index in [-0.39, 0.29) is 0 Å². The van der Waals surface area contributed by atoms with Gasteiger partial charge < -0.3 is 0 Å². The summed E-state index contributed by atoms with van der Waals surface area (Å²) in [4.78, 5) is 10.2. The maximum absolute atomic E-state index is 10.2. The van der Waals surface area contributed by atoms with E-state index in [0.29, 0.717) is 0 Å². The highest BCUT2D eigenvalue weighted by atomic mass is 16.1. The molecule has 0 saturated heterocycles. The van der Waals surface area contributed by atoms with Crippen molar-refractivity contribution < 1.29 is 4.79 Å². The molecule has 1 heteroatoms. The second kappa shape index (κ2) is 2.81. The maximum atomic E-state index is 10.2. The molecule has 1 unspecified atom stereocenters. The summed E-state index contributed by atoms with van der Waals surface area (Å²) in [5, 5.41) is 0. The molecule has 1 atom stereocenters. The quantitative estimate of drug-likeness (QED) is 0.488. The molecule has 0 fully saturated rings. The molecule has 1 rings (SSSR count). The Labute approximate surface area is 55.8 Å². The smallest absolute Gasteiger partial charge is 0.145 e. The molecule has 0 heterocycles. The van der Waals surface area contributed by atoms with Crippen LogP contribution in [0.5, 0.6) is 0 Å². The van der Waals surface area contributed by atoms with Gasteiger partial charge in [0.05, 0.1) is 0 Å². The zero-order valence-electron chi connectivity index (χ0n) is 5.76. The Morgan fingerprint density at radius 2 is 2.56 bits per heavy atom. The van der Waals surface area contributed by atoms with Gasteiger partial charge in [-0.1, -0.05) is 13.0 Å². The van der Waals surface area contributed by atoms with Gasteiger partial charge in [-0.3, -0.25) is 4.79 Å². The molecule has 1 aliphatic rings. The van der Waals surface area contributed by atoms with Crippen molar-refractivity contribution >= 4 is 6.29 Å². The first kappa shape index (κ1) is 6.53. The normalized spacial score (nSPS) is 27.2. The van der Waals surface area contributed by atoms with Gasteiger partial charge in [-0.2, -0.15) is 0 Å². The third-order valence-electron chi connectivity index (χ3n) is 1.80. The topological polar surface area (TPSA) is 17.1 Å². The zero-order chi connectivity index (χ0) is 6.69. The number of aldehydes is 1. The molecular formula is C8H12O. The Morgan fingerprint density at radius 3 is 3.00 bits per heavy atom. The average molecular weight is 124 g/mol. The van der Waals surface area contributed by atoms with Crippen LogP contribution in [0.25, 0.3) is 0 Å². The fourth-order valence-electron chi connectivity index (χ4n) is 1.24. The molecule has 1 nitrogen and oxygen atoms in total. The number of carbonyl (C=O) groups is 1. The molecule has 0 N–H and O–H groups in total. The van der Waals surface area contributed by atoms with E-state index in [4.69, 9.17) is 0 Å². The lowest BCUT2D eigenvalue weighted by Crippen LogP contribution is -2.02. The van der Waals surface area contributed by atoms with E-state index in [1.807, 2.05) is 6.08 Å². The lowest BCUT2D eigenvalue weighted by Gasteiger charge is -2.14. The van der Waals surface area contributed by atoms with Gasteiger partial charge in [0.2, 0.25) is 0 Å². The summed E-state index contributed by atoms with van der Waals surface area (Å²) in [6.07, 6.45) is 6.36. The van der Waals surface area contributed by atoms with Crippen molar-refractivity contribution in [3.05, 3.63) is 11.6 Å². The first-order valence-electron chi connectivity index (χ1n) is 3.47. The van der Waals surface area contributed by atoms with Gasteiger partial charge in [-0.15, -0.1) is 0 Å². The number of hydrogen-bond acceptors (Lipinski definition) is 1. The second-order valence-corrected chi connectivity index (χ2v) is 2.78. The SMILES string of the molecule is CC1CCC=C(C=O)C1. The molecule has 0 radical (unpaired) electrons. The van der Waals surface area contributed by atoms with E-state index in [1.54, 1.807) is 0 Å². The van der Waals surface area contributed by atoms with Crippen molar-refractivity contribution in [3.63, 3.8) is 0 Å². The lowest BCUT2D eigenvalue weighted by molar-refractivity contribution is -0.105. The molecule has 0 aromatic carbocycles. The predicted molar refractivity (Wildman–Crippen MR) is 37.2 cm³/mol. The molecule has 0 aromatic heterocycles. The van der Waals surface area contributed by atoms with Crippen molar-refractivity contribution in [1.82, 2.24) is 0 Å². The Morgan fingerprint density at radius 1 is 1.78 bits per heavy atom. The summed E-state index contributed by atoms with van der Waals surface area (Å²) < 4.78 is 0. The molecule has 9 heavy (non-hydrogen) atoms. The van der Waals surface area contributed by atoms with Crippen LogP contribution in [-0.2, 0) is 4.79 Å². The minimum Gasteiger partial charge on any atom is -0.298 e. The van der Waals surface area contributed by atoms with Crippen LogP contribution in [0.2, 0.25) is 0 Å². The minimum atomic E-state index is 0.718. The first-order valence-corrected chi connectivity index (χ1v) is 3.47. The Kier molecular flexibility index (Phi) is 2.04. The van der Waals surface area contributed by atoms with Crippen molar-refractivity contribution in [2.45, 2.75) is 26.2 Å². The molecule has 0 saturated carbocycles. The fourth-order valence-corrected chi connectivity index (χ4v) is 1.24. The summed E-state index contributed by atoms with van der Waals surface area (Å²) in [5.41, 5.74) is 0.994. The second-order valence-electron chi connectivity index (χ2n) is 2.78. The Bertz CT molecular complexity index is 136. The summed E-state index contributed by atoms with van der Waals surface area (Å²) >= 11 is 0. The molecule has 0 spiro atoms. The highest BCUT2D eigenvalue weighted by Gasteiger charge is 2.08. The highest BCUT2D eigenvalue weighted by Crippen LogP contribution is 2.21. The minimum absolute atomic E-state index is 0.718. The van der Waals surface area contributed by atoms with Crippen molar-refractivity contribution in [3.8, 4) is 0 Å². The van der Waals surface area contributed by atoms with Crippen molar-refractivity contribution in [2.24, 2.45) is 5.92 Å². The van der Waals surface area contributed by atoms with Crippen molar-refractivity contribution in [2.75, 3.05) is 0 Å². The first-order chi connectivity index (χ1) is 4.33. The van der Waals surface area contributed by atoms with Crippen LogP contribution in [0, 0.1) is 5.92 Å². The van der Waals surface area contributed by atoms with E-state index in [0.717, 1.165) is 30.6 Å². The monoisotopic (exact) mass is 124 g/mol. The van der Waals surface area contributed by atoms with Crippen LogP contribution >= 0.6 is 0 Å². The molecule has 0 aromatic rings. The van der Waals surface area contributed by atoms with Crippen LogP contribution in [0.1, 0.15) is 26.2 Å². The third kappa shape index (κ3) is 1.67. The van der Waals surface area contributed by atoms with Gasteiger partial charge in [0.15, 0.2) is 0 Å². The van der Waals surface area contributed by atoms with Gasteiger partial charge in [-0.05, 0) is 30.8 Å². The van der Waals surface area contributed by atoms with Crippen LogP contribution in [0.15, 0.2) is 11.6 Å². The summed E-state index contributed by atoms with van der Waals surface area (Å²) in [7, 11) is 0. The number of carbonyl (C=O) groups excluding carboxylic acids is 1. The lowest BCUT2D eigenvalue weighted by atomic mass is 9.91. The summed E-state index contributed by atoms with van der Waals surface area (Å²) in [6.45, 7) is 2.19. The number of rotatable bonds is 1. The van der Waals surface area contributed by atoms with Crippen LogP contribution in [-0.4, -0.2) is 6.29 Å². The third-order valence-corrected chi connectivity index (χ3v) is 1.80. The van der Waals surface area contributed by atoms with Crippen LogP contribution < -0.4 is 0 Å². The van der Waals surface area contributed by atoms with E-state index in [2.05, 4.69) is 6.92 Å². The average Bonchev–Trinajstić information content (AvgIpc) is 1.88. The zero-order valence-corrected chi connectivity index (χ0v) is 5.76. The van der Waals surface area contributed by atoms with Gasteiger partial charge >= 0.3 is 0 Å². The molecule has 0 bridgehead atoms. The van der Waals surface area contributed by atoms with Crippen molar-refractivity contribution in [1.29, 1.82) is 0 Å². The fraction of sp³-hybridized carbons (Fsp3) is 0.625. The largest absolute Gasteiger partial charge is 0.298 e. The van der Waals surface area contributed by atoms with Crippen LogP contribution in [0.3, 0.4) is 0 Å². The van der Waals surface area contributed by atoms with E-state index in [1.165, 1.54) is 6.42 Å². The standard InChI is InChI=1S/C8H12O/c1-7-3-2-4-8(5-7)6-9/h4,6-7H,2-3,5H2,1H3. The molecule has 0 amide bonds. The molecule has 0 aliphatic heterocycles. The predicted octanol–water partition coefficient (Wildman–Crippen LogP) is 1.93. The Balaban J connectivity index is 2.53. The number of allylic oxidation sites excluding steroid dienone is 2. The van der Waals surface area contributed by atoms with E-state index in [9.17, 15) is 4.79 Å². The molecular weight excluding hydrogens is 112 g/mol.